The van der Waals surface area contributed by atoms with E-state index in [9.17, 15) is 24.0 Å². The number of hydrogen-bond donors (Lipinski definition) is 4. The maximum atomic E-state index is 13.5. The highest BCUT2D eigenvalue weighted by atomic mass is 16.7. The van der Waals surface area contributed by atoms with Crippen LogP contribution in [0.3, 0.4) is 0 Å². The maximum Gasteiger partial charge on any atom is 0.514 e. The van der Waals surface area contributed by atoms with E-state index in [0.717, 1.165) is 22.3 Å². The Morgan fingerprint density at radius 3 is 1.88 bits per heavy atom. The Hall–Kier alpha value is -4.45. The van der Waals surface area contributed by atoms with Gasteiger partial charge in [0, 0.05) is 12.8 Å². The second kappa shape index (κ2) is 18.4. The van der Waals surface area contributed by atoms with Crippen LogP contribution in [0, 0.1) is 13.8 Å². The van der Waals surface area contributed by atoms with E-state index in [-0.39, 0.29) is 31.7 Å². The van der Waals surface area contributed by atoms with Gasteiger partial charge in [-0.1, -0.05) is 43.2 Å². The molecule has 0 saturated heterocycles. The predicted molar refractivity (Wildman–Crippen MR) is 187 cm³/mol. The van der Waals surface area contributed by atoms with E-state index < -0.39 is 53.2 Å². The lowest BCUT2D eigenvalue weighted by Crippen LogP contribution is -2.56. The lowest BCUT2D eigenvalue weighted by Gasteiger charge is -2.24. The standard InChI is InChI=1S/C37H54N4O8/c1-23-19-26(47-35(46)49-37(6,7)8)20-24(2)27(23)22-28(38)33(44)40-29(17-13-10-14-18-31(42)48-36(3,4)5)34(45)41-30(32(39)43)21-25-15-11-9-12-16-25/h9,11-12,15-16,19-20,28-30H,10,13-14,17-18,21-22,38H2,1-8H3,(H2,39,43)(H,40,44)(H,41,45)/t28-,29-,30-/m0/s1. The van der Waals surface area contributed by atoms with E-state index in [1.165, 1.54) is 0 Å². The predicted octanol–water partition coefficient (Wildman–Crippen LogP) is 4.48. The molecule has 0 aliphatic carbocycles. The van der Waals surface area contributed by atoms with Gasteiger partial charge >= 0.3 is 12.1 Å². The molecule has 0 bridgehead atoms. The van der Waals surface area contributed by atoms with E-state index in [1.807, 2.05) is 44.2 Å². The van der Waals surface area contributed by atoms with Crippen LogP contribution in [-0.2, 0) is 41.5 Å². The first-order valence-corrected chi connectivity index (χ1v) is 16.7. The monoisotopic (exact) mass is 682 g/mol. The van der Waals surface area contributed by atoms with Crippen LogP contribution < -0.4 is 26.8 Å². The molecule has 0 fully saturated rings. The van der Waals surface area contributed by atoms with E-state index >= 15 is 0 Å². The van der Waals surface area contributed by atoms with Crippen molar-refractivity contribution in [3.8, 4) is 5.75 Å². The molecule has 0 unspecified atom stereocenters. The van der Waals surface area contributed by atoms with Gasteiger partial charge in [-0.3, -0.25) is 19.2 Å². The van der Waals surface area contributed by atoms with Gasteiger partial charge in [0.05, 0.1) is 6.04 Å². The van der Waals surface area contributed by atoms with Crippen LogP contribution in [0.15, 0.2) is 42.5 Å². The van der Waals surface area contributed by atoms with Crippen molar-refractivity contribution in [2.75, 3.05) is 0 Å². The molecule has 12 heteroatoms. The van der Waals surface area contributed by atoms with Crippen molar-refractivity contribution in [2.45, 2.75) is 130 Å². The zero-order valence-corrected chi connectivity index (χ0v) is 30.1. The molecule has 0 spiro atoms. The first kappa shape index (κ1) is 40.7. The Kier molecular flexibility index (Phi) is 15.3. The van der Waals surface area contributed by atoms with Crippen molar-refractivity contribution in [3.05, 3.63) is 64.7 Å². The van der Waals surface area contributed by atoms with Crippen LogP contribution in [0.2, 0.25) is 0 Å². The van der Waals surface area contributed by atoms with Crippen molar-refractivity contribution < 1.29 is 38.2 Å². The number of ether oxygens (including phenoxy) is 3. The molecular formula is C37H54N4O8. The average molecular weight is 683 g/mol. The molecule has 270 valence electrons. The number of carbonyl (C=O) groups excluding carboxylic acids is 5. The summed E-state index contributed by atoms with van der Waals surface area (Å²) < 4.78 is 15.9. The summed E-state index contributed by atoms with van der Waals surface area (Å²) in [5, 5.41) is 5.47. The molecule has 0 saturated carbocycles. The molecule has 2 rings (SSSR count). The molecule has 49 heavy (non-hydrogen) atoms. The summed E-state index contributed by atoms with van der Waals surface area (Å²) in [5.74, 6) is -1.83. The number of rotatable bonds is 16. The Morgan fingerprint density at radius 1 is 0.755 bits per heavy atom. The molecule has 6 N–H and O–H groups in total. The van der Waals surface area contributed by atoms with Gasteiger partial charge in [0.25, 0.3) is 0 Å². The number of esters is 1. The number of benzene rings is 2. The van der Waals surface area contributed by atoms with Crippen LogP contribution in [-0.4, -0.2) is 59.2 Å². The van der Waals surface area contributed by atoms with Gasteiger partial charge in [0.2, 0.25) is 17.7 Å². The summed E-state index contributed by atoms with van der Waals surface area (Å²) in [6.45, 7) is 14.3. The molecule has 3 amide bonds. The second-order valence-corrected chi connectivity index (χ2v) is 14.3. The number of primary amides is 1. The van der Waals surface area contributed by atoms with E-state index in [2.05, 4.69) is 10.6 Å². The first-order valence-electron chi connectivity index (χ1n) is 16.7. The van der Waals surface area contributed by atoms with Gasteiger partial charge in [-0.15, -0.1) is 0 Å². The number of amides is 3. The smallest absolute Gasteiger partial charge is 0.460 e. The van der Waals surface area contributed by atoms with E-state index in [1.54, 1.807) is 53.7 Å². The minimum absolute atomic E-state index is 0.151. The molecular weight excluding hydrogens is 628 g/mol. The number of unbranched alkanes of at least 4 members (excludes halogenated alkanes) is 2. The van der Waals surface area contributed by atoms with Gasteiger partial charge < -0.3 is 36.3 Å². The Labute approximate surface area is 290 Å². The third-order valence-corrected chi connectivity index (χ3v) is 7.39. The Morgan fingerprint density at radius 2 is 1.33 bits per heavy atom. The average Bonchev–Trinajstić information content (AvgIpc) is 2.96. The molecule has 0 aromatic heterocycles. The fraction of sp³-hybridized carbons (Fsp3) is 0.541. The van der Waals surface area contributed by atoms with Crippen molar-refractivity contribution >= 4 is 29.8 Å². The third kappa shape index (κ3) is 15.5. The van der Waals surface area contributed by atoms with Gasteiger partial charge in [0.1, 0.15) is 29.0 Å². The quantitative estimate of drug-likeness (QED) is 0.112. The van der Waals surface area contributed by atoms with Crippen molar-refractivity contribution in [1.82, 2.24) is 10.6 Å². The zero-order chi connectivity index (χ0) is 36.9. The van der Waals surface area contributed by atoms with Crippen LogP contribution in [0.5, 0.6) is 5.75 Å². The summed E-state index contributed by atoms with van der Waals surface area (Å²) in [5.41, 5.74) is 13.8. The summed E-state index contributed by atoms with van der Waals surface area (Å²) >= 11 is 0. The van der Waals surface area contributed by atoms with E-state index in [0.29, 0.717) is 25.0 Å². The van der Waals surface area contributed by atoms with Crippen molar-refractivity contribution in [1.29, 1.82) is 0 Å². The minimum atomic E-state index is -1.02. The lowest BCUT2D eigenvalue weighted by atomic mass is 9.95. The summed E-state index contributed by atoms with van der Waals surface area (Å²) in [6, 6.07) is 9.44. The zero-order valence-electron chi connectivity index (χ0n) is 30.1. The summed E-state index contributed by atoms with van der Waals surface area (Å²) in [4.78, 5) is 63.5. The molecule has 0 aliphatic heterocycles. The highest BCUT2D eigenvalue weighted by Gasteiger charge is 2.28. The van der Waals surface area contributed by atoms with Gasteiger partial charge in [-0.2, -0.15) is 0 Å². The summed E-state index contributed by atoms with van der Waals surface area (Å²) in [6.07, 6.45) is 1.63. The molecule has 12 nitrogen and oxygen atoms in total. The normalized spacial score (nSPS) is 13.4. The SMILES string of the molecule is Cc1cc(OC(=O)OC(C)(C)C)cc(C)c1C[C@H](N)C(=O)N[C@@H](CCCCCC(=O)OC(C)(C)C)C(=O)N[C@@H](Cc1ccccc1)C(N)=O. The minimum Gasteiger partial charge on any atom is -0.460 e. The molecule has 3 atom stereocenters. The highest BCUT2D eigenvalue weighted by molar-refractivity contribution is 5.92. The van der Waals surface area contributed by atoms with Crippen LogP contribution >= 0.6 is 0 Å². The number of aryl methyl sites for hydroxylation is 2. The largest absolute Gasteiger partial charge is 0.514 e. The number of carbonyl (C=O) groups is 5. The molecule has 0 aliphatic rings. The molecule has 0 radical (unpaired) electrons. The Balaban J connectivity index is 2.13. The van der Waals surface area contributed by atoms with Gasteiger partial charge in [0.15, 0.2) is 0 Å². The lowest BCUT2D eigenvalue weighted by molar-refractivity contribution is -0.155. The van der Waals surface area contributed by atoms with Crippen molar-refractivity contribution in [3.63, 3.8) is 0 Å². The molecule has 0 heterocycles. The van der Waals surface area contributed by atoms with Gasteiger partial charge in [-0.25, -0.2) is 4.79 Å². The fourth-order valence-electron chi connectivity index (χ4n) is 5.09. The Bertz CT molecular complexity index is 1420. The number of hydrogen-bond acceptors (Lipinski definition) is 9. The number of nitrogens with two attached hydrogens (primary N) is 2. The van der Waals surface area contributed by atoms with Crippen LogP contribution in [0.1, 0.15) is 95.9 Å². The second-order valence-electron chi connectivity index (χ2n) is 14.3. The van der Waals surface area contributed by atoms with E-state index in [4.69, 9.17) is 25.7 Å². The molecule has 2 aromatic rings. The highest BCUT2D eigenvalue weighted by Crippen LogP contribution is 2.24. The third-order valence-electron chi connectivity index (χ3n) is 7.39. The number of nitrogens with one attached hydrogen (secondary N) is 2. The molecule has 2 aromatic carbocycles. The van der Waals surface area contributed by atoms with Crippen molar-refractivity contribution in [2.24, 2.45) is 11.5 Å². The van der Waals surface area contributed by atoms with Gasteiger partial charge in [-0.05, 0) is 109 Å². The topological polar surface area (TPSA) is 189 Å². The van der Waals surface area contributed by atoms with Crippen LogP contribution in [0.4, 0.5) is 4.79 Å². The first-order chi connectivity index (χ1) is 22.7. The summed E-state index contributed by atoms with van der Waals surface area (Å²) in [7, 11) is 0. The van der Waals surface area contributed by atoms with Crippen LogP contribution in [0.25, 0.3) is 0 Å². The fourth-order valence-corrected chi connectivity index (χ4v) is 5.09. The maximum absolute atomic E-state index is 13.5.